The number of ether oxygens (including phenoxy) is 1. The van der Waals surface area contributed by atoms with E-state index in [0.29, 0.717) is 9.45 Å². The van der Waals surface area contributed by atoms with Gasteiger partial charge in [-0.3, -0.25) is 0 Å². The Bertz CT molecular complexity index is 258. The average Bonchev–Trinajstić information content (AvgIpc) is 2.04. The molecule has 0 saturated heterocycles. The number of nitrogens with zero attached hydrogens (tertiary/aromatic N) is 1. The Balaban J connectivity index is 3.06. The summed E-state index contributed by atoms with van der Waals surface area (Å²) < 4.78 is 18.0. The van der Waals surface area contributed by atoms with Crippen LogP contribution in [0.2, 0.25) is 0 Å². The molecule has 0 aliphatic heterocycles. The van der Waals surface area contributed by atoms with E-state index in [0.717, 1.165) is 6.20 Å². The summed E-state index contributed by atoms with van der Waals surface area (Å²) in [6.07, 6.45) is 1.11. The van der Waals surface area contributed by atoms with E-state index in [2.05, 4.69) is 4.98 Å². The summed E-state index contributed by atoms with van der Waals surface area (Å²) in [5, 5.41) is 0. The zero-order valence-corrected chi connectivity index (χ0v) is 8.56. The maximum atomic E-state index is 12.5. The van der Waals surface area contributed by atoms with Gasteiger partial charge in [-0.2, -0.15) is 0 Å². The molecular weight excluding hydrogens is 283 g/mol. The van der Waals surface area contributed by atoms with Crippen LogP contribution in [0.15, 0.2) is 12.3 Å². The van der Waals surface area contributed by atoms with Crippen LogP contribution in [0.1, 0.15) is 0 Å². The van der Waals surface area contributed by atoms with Gasteiger partial charge in [-0.1, -0.05) is 0 Å². The Morgan fingerprint density at radius 2 is 2.45 bits per heavy atom. The molecule has 0 bridgehead atoms. The number of hydrogen-bond donors (Lipinski definition) is 0. The van der Waals surface area contributed by atoms with E-state index >= 15 is 0 Å². The van der Waals surface area contributed by atoms with Gasteiger partial charge in [-0.25, -0.2) is 0 Å². The number of hydrogen-bond acceptors (Lipinski definition) is 2. The molecule has 1 heterocycles. The summed E-state index contributed by atoms with van der Waals surface area (Å²) in [7, 11) is 7.09. The van der Waals surface area contributed by atoms with E-state index < -0.39 is 20.1 Å². The molecule has 1 aromatic rings. The Hall–Kier alpha value is -0.100. The maximum absolute atomic E-state index is 12.5. The second-order valence-corrected chi connectivity index (χ2v) is 4.24. The molecular formula is C6H5ClFINO-. The van der Waals surface area contributed by atoms with Crippen LogP contribution in [0.25, 0.3) is 0 Å². The van der Waals surface area contributed by atoms with Crippen molar-refractivity contribution < 1.29 is 29.2 Å². The van der Waals surface area contributed by atoms with Gasteiger partial charge in [0.25, 0.3) is 0 Å². The number of methoxy groups -OCH3 is 1. The van der Waals surface area contributed by atoms with E-state index in [9.17, 15) is 4.39 Å². The molecule has 0 fully saturated rings. The molecule has 5 heteroatoms. The van der Waals surface area contributed by atoms with Crippen LogP contribution in [-0.2, 0) is 0 Å². The molecule has 0 N–H and O–H groups in total. The van der Waals surface area contributed by atoms with Crippen LogP contribution >= 0.6 is 8.91 Å². The fraction of sp³-hybridized carbons (Fsp3) is 0.167. The molecule has 0 radical (unpaired) electrons. The summed E-state index contributed by atoms with van der Waals surface area (Å²) in [6.45, 7) is 0. The van der Waals surface area contributed by atoms with Crippen molar-refractivity contribution in [2.24, 2.45) is 0 Å². The van der Waals surface area contributed by atoms with Crippen LogP contribution in [-0.4, -0.2) is 12.1 Å². The standard InChI is InChI=1S/C6H5ClFINO/c1-11-6-5(9-7)2-4(8)3-10-6/h2-3H,1H3/q-1. The summed E-state index contributed by atoms with van der Waals surface area (Å²) >= 11 is -0.691. The Morgan fingerprint density at radius 1 is 1.73 bits per heavy atom. The van der Waals surface area contributed by atoms with Crippen molar-refractivity contribution in [2.45, 2.75) is 0 Å². The van der Waals surface area contributed by atoms with Crippen LogP contribution in [0, 0.1) is 9.39 Å². The number of halogens is 3. The monoisotopic (exact) mass is 288 g/mol. The van der Waals surface area contributed by atoms with Gasteiger partial charge in [0.1, 0.15) is 0 Å². The van der Waals surface area contributed by atoms with Gasteiger partial charge < -0.3 is 0 Å². The van der Waals surface area contributed by atoms with Crippen molar-refractivity contribution >= 4 is 8.91 Å². The third-order valence-corrected chi connectivity index (χ3v) is 3.29. The molecule has 0 aliphatic rings. The van der Waals surface area contributed by atoms with Gasteiger partial charge in [0.15, 0.2) is 0 Å². The number of pyridine rings is 1. The number of aromatic nitrogens is 1. The third kappa shape index (κ3) is 2.16. The van der Waals surface area contributed by atoms with Crippen molar-refractivity contribution in [3.05, 3.63) is 21.7 Å². The van der Waals surface area contributed by atoms with E-state index in [1.807, 2.05) is 0 Å². The summed E-state index contributed by atoms with van der Waals surface area (Å²) in [4.78, 5) is 3.71. The quantitative estimate of drug-likeness (QED) is 0.627. The van der Waals surface area contributed by atoms with Crippen molar-refractivity contribution in [3.63, 3.8) is 0 Å². The Morgan fingerprint density at radius 3 is 3.00 bits per heavy atom. The van der Waals surface area contributed by atoms with Crippen molar-refractivity contribution in [2.75, 3.05) is 7.11 Å². The van der Waals surface area contributed by atoms with Crippen LogP contribution in [0.5, 0.6) is 5.88 Å². The molecule has 0 atom stereocenters. The molecule has 2 nitrogen and oxygen atoms in total. The van der Waals surface area contributed by atoms with Crippen LogP contribution in [0.4, 0.5) is 4.39 Å². The molecule has 62 valence electrons. The average molecular weight is 288 g/mol. The first-order chi connectivity index (χ1) is 5.27. The second-order valence-electron chi connectivity index (χ2n) is 1.72. The van der Waals surface area contributed by atoms with Gasteiger partial charge in [0, 0.05) is 0 Å². The van der Waals surface area contributed by atoms with Crippen molar-refractivity contribution in [3.8, 4) is 5.88 Å². The minimum absolute atomic E-state index is 0.374. The van der Waals surface area contributed by atoms with Gasteiger partial charge >= 0.3 is 77.7 Å². The molecule has 11 heavy (non-hydrogen) atoms. The molecule has 0 saturated carbocycles. The molecule has 1 rings (SSSR count). The van der Waals surface area contributed by atoms with E-state index in [4.69, 9.17) is 13.6 Å². The first-order valence-corrected chi connectivity index (χ1v) is 6.54. The topological polar surface area (TPSA) is 22.1 Å². The normalized spacial score (nSPS) is 10.1. The molecule has 0 unspecified atom stereocenters. The fourth-order valence-electron chi connectivity index (χ4n) is 0.603. The molecule has 0 amide bonds. The van der Waals surface area contributed by atoms with Crippen molar-refractivity contribution in [1.82, 2.24) is 4.98 Å². The first-order valence-electron chi connectivity index (χ1n) is 2.73. The van der Waals surface area contributed by atoms with Gasteiger partial charge in [-0.05, 0) is 0 Å². The summed E-state index contributed by atoms with van der Waals surface area (Å²) in [5.74, 6) is 0.0513. The minimum atomic E-state index is -0.691. The van der Waals surface area contributed by atoms with Gasteiger partial charge in [0.2, 0.25) is 0 Å². The fourth-order valence-corrected chi connectivity index (χ4v) is 2.24. The van der Waals surface area contributed by atoms with E-state index in [-0.39, 0.29) is 5.82 Å². The summed E-state index contributed by atoms with van der Waals surface area (Å²) in [5.41, 5.74) is 0. The van der Waals surface area contributed by atoms with Crippen molar-refractivity contribution in [1.29, 1.82) is 0 Å². The first kappa shape index (κ1) is 8.99. The predicted octanol–water partition coefficient (Wildman–Crippen LogP) is -1.36. The molecule has 0 aromatic carbocycles. The predicted molar refractivity (Wildman–Crippen MR) is 35.3 cm³/mol. The molecule has 1 aromatic heterocycles. The van der Waals surface area contributed by atoms with E-state index in [1.165, 1.54) is 13.2 Å². The Labute approximate surface area is 77.7 Å². The third-order valence-electron chi connectivity index (χ3n) is 1.04. The summed E-state index contributed by atoms with van der Waals surface area (Å²) in [6, 6.07) is 1.35. The number of rotatable bonds is 2. The SMILES string of the molecule is COc1ncc(F)cc1[I-]Cl. The Kier molecular flexibility index (Phi) is 3.32. The van der Waals surface area contributed by atoms with Gasteiger partial charge in [-0.15, -0.1) is 0 Å². The van der Waals surface area contributed by atoms with Crippen LogP contribution in [0.3, 0.4) is 0 Å². The second kappa shape index (κ2) is 4.06. The van der Waals surface area contributed by atoms with E-state index in [1.54, 1.807) is 0 Å². The zero-order valence-electron chi connectivity index (χ0n) is 5.64. The zero-order chi connectivity index (χ0) is 8.27. The molecule has 0 spiro atoms. The van der Waals surface area contributed by atoms with Crippen LogP contribution < -0.4 is 24.8 Å². The molecule has 0 aliphatic carbocycles. The van der Waals surface area contributed by atoms with Gasteiger partial charge in [0.05, 0.1) is 0 Å².